The number of hydrogen-bond acceptors (Lipinski definition) is 7. The summed E-state index contributed by atoms with van der Waals surface area (Å²) in [6.07, 6.45) is 1.51. The van der Waals surface area contributed by atoms with Gasteiger partial charge >= 0.3 is 0 Å². The third-order valence-corrected chi connectivity index (χ3v) is 7.52. The highest BCUT2D eigenvalue weighted by atomic mass is 32.2. The molecule has 1 fully saturated rings. The van der Waals surface area contributed by atoms with E-state index in [0.717, 1.165) is 16.7 Å². The molecular weight excluding hydrogens is 478 g/mol. The van der Waals surface area contributed by atoms with Crippen molar-refractivity contribution in [3.63, 3.8) is 0 Å². The Bertz CT molecular complexity index is 1440. The SMILES string of the molecule is CCOCCn1c(=NC(=O)c2ccc(N3C(=O)CCC3=O)cc2)sc2cc(S(C)(=O)=O)ccc21. The third-order valence-electron chi connectivity index (χ3n) is 5.37. The highest BCUT2D eigenvalue weighted by Gasteiger charge is 2.30. The van der Waals surface area contributed by atoms with Crippen LogP contribution in [0.5, 0.6) is 0 Å². The first-order valence-corrected chi connectivity index (χ1v) is 13.4. The minimum atomic E-state index is -3.38. The molecule has 2 aromatic carbocycles. The van der Waals surface area contributed by atoms with Crippen LogP contribution in [0.1, 0.15) is 30.1 Å². The number of thiazole rings is 1. The summed E-state index contributed by atoms with van der Waals surface area (Å²) < 4.78 is 31.9. The molecule has 1 aliphatic rings. The third kappa shape index (κ3) is 4.86. The molecule has 34 heavy (non-hydrogen) atoms. The quantitative estimate of drug-likeness (QED) is 0.363. The summed E-state index contributed by atoms with van der Waals surface area (Å²) in [4.78, 5) is 42.8. The van der Waals surface area contributed by atoms with Crippen molar-refractivity contribution in [2.75, 3.05) is 24.4 Å². The van der Waals surface area contributed by atoms with Crippen LogP contribution in [0, 0.1) is 0 Å². The van der Waals surface area contributed by atoms with Crippen molar-refractivity contribution in [3.05, 3.63) is 52.8 Å². The van der Waals surface area contributed by atoms with Gasteiger partial charge in [0.25, 0.3) is 5.91 Å². The number of fused-ring (bicyclic) bond motifs is 1. The zero-order chi connectivity index (χ0) is 24.5. The molecule has 0 N–H and O–H groups in total. The molecule has 0 aliphatic carbocycles. The van der Waals surface area contributed by atoms with E-state index >= 15 is 0 Å². The van der Waals surface area contributed by atoms with Crippen LogP contribution in [-0.2, 0) is 30.7 Å². The summed E-state index contributed by atoms with van der Waals surface area (Å²) in [6.45, 7) is 3.28. The number of ether oxygens (including phenoxy) is 1. The van der Waals surface area contributed by atoms with Gasteiger partial charge in [0.05, 0.1) is 27.4 Å². The molecule has 0 saturated carbocycles. The number of imide groups is 1. The summed E-state index contributed by atoms with van der Waals surface area (Å²) in [7, 11) is -3.38. The predicted octanol–water partition coefficient (Wildman–Crippen LogP) is 2.54. The van der Waals surface area contributed by atoms with Crippen molar-refractivity contribution in [1.82, 2.24) is 4.57 Å². The molecule has 1 saturated heterocycles. The number of amides is 3. The van der Waals surface area contributed by atoms with E-state index in [1.54, 1.807) is 24.3 Å². The normalized spacial score (nSPS) is 15.0. The maximum atomic E-state index is 12.9. The van der Waals surface area contributed by atoms with Crippen LogP contribution in [0.25, 0.3) is 10.2 Å². The maximum Gasteiger partial charge on any atom is 0.279 e. The Morgan fingerprint density at radius 2 is 1.76 bits per heavy atom. The molecule has 1 aliphatic heterocycles. The standard InChI is InChI=1S/C23H23N3O6S2/c1-3-32-13-12-25-18-9-8-17(34(2,30)31)14-19(18)33-23(25)24-22(29)15-4-6-16(7-5-15)26-20(27)10-11-21(26)28/h4-9,14H,3,10-13H2,1-2H3. The molecule has 11 heteroatoms. The van der Waals surface area contributed by atoms with Gasteiger partial charge in [0, 0.05) is 37.8 Å². The number of aromatic nitrogens is 1. The van der Waals surface area contributed by atoms with E-state index in [4.69, 9.17) is 4.74 Å². The van der Waals surface area contributed by atoms with E-state index < -0.39 is 15.7 Å². The second kappa shape index (κ2) is 9.61. The number of carbonyl (C=O) groups excluding carboxylic acids is 3. The number of benzene rings is 2. The summed E-state index contributed by atoms with van der Waals surface area (Å²) in [5.74, 6) is -1.02. The summed E-state index contributed by atoms with van der Waals surface area (Å²) in [5.41, 5.74) is 1.48. The molecule has 2 heterocycles. The van der Waals surface area contributed by atoms with Crippen LogP contribution in [0.2, 0.25) is 0 Å². The van der Waals surface area contributed by atoms with Crippen molar-refractivity contribution in [3.8, 4) is 0 Å². The van der Waals surface area contributed by atoms with E-state index in [1.807, 2.05) is 11.5 Å². The lowest BCUT2D eigenvalue weighted by atomic mass is 10.2. The van der Waals surface area contributed by atoms with Crippen LogP contribution in [0.4, 0.5) is 5.69 Å². The molecule has 178 valence electrons. The van der Waals surface area contributed by atoms with Crippen molar-refractivity contribution < 1.29 is 27.5 Å². The van der Waals surface area contributed by atoms with Crippen molar-refractivity contribution in [2.45, 2.75) is 31.2 Å². The molecule has 9 nitrogen and oxygen atoms in total. The molecule has 0 unspecified atom stereocenters. The van der Waals surface area contributed by atoms with Gasteiger partial charge in [-0.3, -0.25) is 19.3 Å². The van der Waals surface area contributed by atoms with Crippen LogP contribution in [0.3, 0.4) is 0 Å². The summed E-state index contributed by atoms with van der Waals surface area (Å²) in [5, 5.41) is 0. The Labute approximate surface area is 200 Å². The molecular formula is C23H23N3O6S2. The maximum absolute atomic E-state index is 12.9. The largest absolute Gasteiger partial charge is 0.380 e. The molecule has 0 atom stereocenters. The minimum Gasteiger partial charge on any atom is -0.380 e. The second-order valence-electron chi connectivity index (χ2n) is 7.72. The fraction of sp³-hybridized carbons (Fsp3) is 0.304. The lowest BCUT2D eigenvalue weighted by molar-refractivity contribution is -0.121. The zero-order valence-electron chi connectivity index (χ0n) is 18.7. The number of anilines is 1. The Hall–Kier alpha value is -3.15. The van der Waals surface area contributed by atoms with Gasteiger partial charge in [0.2, 0.25) is 11.8 Å². The molecule has 1 aromatic heterocycles. The van der Waals surface area contributed by atoms with E-state index in [0.29, 0.717) is 40.5 Å². The first-order chi connectivity index (χ1) is 16.2. The van der Waals surface area contributed by atoms with Gasteiger partial charge in [0.15, 0.2) is 14.6 Å². The van der Waals surface area contributed by atoms with Crippen molar-refractivity contribution in [1.29, 1.82) is 0 Å². The molecule has 0 radical (unpaired) electrons. The smallest absolute Gasteiger partial charge is 0.279 e. The molecule has 3 amide bonds. The Morgan fingerprint density at radius 3 is 2.38 bits per heavy atom. The van der Waals surface area contributed by atoms with E-state index in [1.165, 1.54) is 29.5 Å². The van der Waals surface area contributed by atoms with E-state index in [9.17, 15) is 22.8 Å². The molecule has 3 aromatic rings. The fourth-order valence-electron chi connectivity index (χ4n) is 3.65. The lowest BCUT2D eigenvalue weighted by Gasteiger charge is -2.13. The summed E-state index contributed by atoms with van der Waals surface area (Å²) in [6, 6.07) is 11.0. The van der Waals surface area contributed by atoms with Gasteiger partial charge in [0.1, 0.15) is 0 Å². The zero-order valence-corrected chi connectivity index (χ0v) is 20.3. The van der Waals surface area contributed by atoms with Gasteiger partial charge in [-0.05, 0) is 49.4 Å². The van der Waals surface area contributed by atoms with Crippen LogP contribution in [-0.4, -0.2) is 50.2 Å². The van der Waals surface area contributed by atoms with E-state index in [-0.39, 0.29) is 29.6 Å². The molecule has 0 bridgehead atoms. The predicted molar refractivity (Wildman–Crippen MR) is 127 cm³/mol. The van der Waals surface area contributed by atoms with Crippen molar-refractivity contribution >= 4 is 54.8 Å². The highest BCUT2D eigenvalue weighted by molar-refractivity contribution is 7.90. The Morgan fingerprint density at radius 1 is 1.09 bits per heavy atom. The fourth-order valence-corrected chi connectivity index (χ4v) is 5.47. The average molecular weight is 502 g/mol. The number of sulfone groups is 1. The van der Waals surface area contributed by atoms with Gasteiger partial charge in [-0.1, -0.05) is 11.3 Å². The van der Waals surface area contributed by atoms with Crippen LogP contribution >= 0.6 is 11.3 Å². The number of nitrogens with zero attached hydrogens (tertiary/aromatic N) is 3. The first kappa shape index (κ1) is 24.0. The number of rotatable bonds is 7. The second-order valence-corrected chi connectivity index (χ2v) is 10.7. The van der Waals surface area contributed by atoms with Gasteiger partial charge in [-0.15, -0.1) is 0 Å². The van der Waals surface area contributed by atoms with Gasteiger partial charge in [-0.25, -0.2) is 8.42 Å². The first-order valence-electron chi connectivity index (χ1n) is 10.6. The highest BCUT2D eigenvalue weighted by Crippen LogP contribution is 2.24. The van der Waals surface area contributed by atoms with Crippen molar-refractivity contribution in [2.24, 2.45) is 4.99 Å². The Kier molecular flexibility index (Phi) is 6.78. The number of carbonyl (C=O) groups is 3. The lowest BCUT2D eigenvalue weighted by Crippen LogP contribution is -2.28. The minimum absolute atomic E-state index is 0.184. The number of hydrogen-bond donors (Lipinski definition) is 0. The van der Waals surface area contributed by atoms with Crippen LogP contribution in [0.15, 0.2) is 52.4 Å². The average Bonchev–Trinajstić information content (AvgIpc) is 3.31. The topological polar surface area (TPSA) is 115 Å². The Balaban J connectivity index is 1.70. The van der Waals surface area contributed by atoms with E-state index in [2.05, 4.69) is 4.99 Å². The van der Waals surface area contributed by atoms with Gasteiger partial charge < -0.3 is 9.30 Å². The summed E-state index contributed by atoms with van der Waals surface area (Å²) >= 11 is 1.22. The monoisotopic (exact) mass is 501 g/mol. The molecule has 4 rings (SSSR count). The van der Waals surface area contributed by atoms with Gasteiger partial charge in [-0.2, -0.15) is 4.99 Å². The van der Waals surface area contributed by atoms with Crippen LogP contribution < -0.4 is 9.70 Å². The molecule has 0 spiro atoms.